The molecule has 0 aromatic carbocycles. The number of hydrogen-bond acceptors (Lipinski definition) is 5. The topological polar surface area (TPSA) is 80.7 Å². The first-order valence-electron chi connectivity index (χ1n) is 3.73. The molecule has 1 N–H and O–H groups in total. The summed E-state index contributed by atoms with van der Waals surface area (Å²) in [5, 5.41) is 9.26. The third kappa shape index (κ3) is 4.48. The van der Waals surface area contributed by atoms with E-state index in [1.807, 2.05) is 0 Å². The van der Waals surface area contributed by atoms with Gasteiger partial charge in [-0.1, -0.05) is 6.92 Å². The van der Waals surface area contributed by atoms with Gasteiger partial charge in [-0.2, -0.15) is 0 Å². The Balaban J connectivity index is 4.94. The minimum absolute atomic E-state index is 0.0864. The number of carbonyl (C=O) groups is 1. The highest BCUT2D eigenvalue weighted by Crippen LogP contribution is 2.12. The van der Waals surface area contributed by atoms with Gasteiger partial charge in [-0.15, -0.1) is 0 Å². The predicted molar refractivity (Wildman–Crippen MR) is 51.6 cm³/mol. The molecule has 0 aromatic rings. The van der Waals surface area contributed by atoms with Gasteiger partial charge in [0, 0.05) is 10.7 Å². The molecule has 0 spiro atoms. The van der Waals surface area contributed by atoms with Crippen LogP contribution in [-0.2, 0) is 18.6 Å². The number of ether oxygens (including phenoxy) is 1. The smallest absolute Gasteiger partial charge is 0.337 e. The molecule has 0 aromatic heterocycles. The first kappa shape index (κ1) is 13.2. The van der Waals surface area contributed by atoms with Crippen molar-refractivity contribution in [2.75, 3.05) is 12.9 Å². The molecule has 0 radical (unpaired) electrons. The fraction of sp³-hybridized carbons (Fsp3) is 0.571. The Morgan fingerprint density at radius 3 is 2.29 bits per heavy atom. The molecule has 0 aliphatic rings. The summed E-state index contributed by atoms with van der Waals surface area (Å²) in [5.41, 5.74) is -0.0864. The summed E-state index contributed by atoms with van der Waals surface area (Å²) < 4.78 is 25.5. The quantitative estimate of drug-likeness (QED) is 0.344. The fourth-order valence-electron chi connectivity index (χ4n) is 0.840. The molecule has 0 heterocycles. The summed E-state index contributed by atoms with van der Waals surface area (Å²) in [4.78, 5) is 11.0. The first-order chi connectivity index (χ1) is 6.31. The molecule has 5 nitrogen and oxygen atoms in total. The highest BCUT2D eigenvalue weighted by molar-refractivity contribution is 8.13. The lowest BCUT2D eigenvalue weighted by Crippen LogP contribution is -2.11. The van der Waals surface area contributed by atoms with Gasteiger partial charge in [-0.25, -0.2) is 13.2 Å². The normalized spacial score (nSPS) is 13.4. The van der Waals surface area contributed by atoms with Crippen molar-refractivity contribution < 1.29 is 23.1 Å². The van der Waals surface area contributed by atoms with Gasteiger partial charge in [-0.3, -0.25) is 0 Å². The molecule has 0 aliphatic heterocycles. The van der Waals surface area contributed by atoms with E-state index in [-0.39, 0.29) is 12.0 Å². The summed E-state index contributed by atoms with van der Waals surface area (Å²) >= 11 is 0. The van der Waals surface area contributed by atoms with Crippen LogP contribution in [0.2, 0.25) is 0 Å². The van der Waals surface area contributed by atoms with Gasteiger partial charge >= 0.3 is 5.97 Å². The third-order valence-electron chi connectivity index (χ3n) is 1.44. The van der Waals surface area contributed by atoms with Gasteiger partial charge in [0.05, 0.1) is 12.7 Å². The Morgan fingerprint density at radius 1 is 1.50 bits per heavy atom. The maximum Gasteiger partial charge on any atom is 0.337 e. The van der Waals surface area contributed by atoms with Crippen LogP contribution in [-0.4, -0.2) is 32.4 Å². The summed E-state index contributed by atoms with van der Waals surface area (Å²) in [6.45, 7) is 1.59. The van der Waals surface area contributed by atoms with Gasteiger partial charge in [0.2, 0.25) is 9.05 Å². The van der Waals surface area contributed by atoms with Crippen LogP contribution >= 0.6 is 10.7 Å². The zero-order chi connectivity index (χ0) is 11.4. The van der Waals surface area contributed by atoms with Crippen molar-refractivity contribution in [1.82, 2.24) is 0 Å². The molecule has 0 amide bonds. The molecule has 0 fully saturated rings. The average Bonchev–Trinajstić information content (AvgIpc) is 2.01. The summed E-state index contributed by atoms with van der Waals surface area (Å²) in [5.74, 6) is -2.10. The Morgan fingerprint density at radius 2 is 2.00 bits per heavy atom. The molecule has 14 heavy (non-hydrogen) atoms. The molecule has 0 bridgehead atoms. The van der Waals surface area contributed by atoms with E-state index in [9.17, 15) is 18.3 Å². The van der Waals surface area contributed by atoms with Crippen LogP contribution in [0.3, 0.4) is 0 Å². The number of aliphatic hydroxyl groups excluding tert-OH is 1. The van der Waals surface area contributed by atoms with Gasteiger partial charge < -0.3 is 9.84 Å². The van der Waals surface area contributed by atoms with Crippen LogP contribution in [0.15, 0.2) is 11.3 Å². The van der Waals surface area contributed by atoms with E-state index in [0.29, 0.717) is 0 Å². The first-order valence-corrected chi connectivity index (χ1v) is 6.21. The second-order valence-electron chi connectivity index (χ2n) is 2.45. The minimum Gasteiger partial charge on any atom is -0.511 e. The molecular formula is C7H11ClO5S. The average molecular weight is 243 g/mol. The second kappa shape index (κ2) is 5.21. The van der Waals surface area contributed by atoms with Gasteiger partial charge in [0.25, 0.3) is 0 Å². The lowest BCUT2D eigenvalue weighted by Gasteiger charge is -2.05. The number of methoxy groups -OCH3 is 1. The summed E-state index contributed by atoms with van der Waals surface area (Å²) in [6, 6.07) is 0. The van der Waals surface area contributed by atoms with Gasteiger partial charge in [0.1, 0.15) is 11.5 Å². The number of aliphatic hydroxyl groups is 1. The number of carbonyl (C=O) groups excluding carboxylic acids is 1. The van der Waals surface area contributed by atoms with E-state index < -0.39 is 26.5 Å². The Hall–Kier alpha value is -0.750. The Kier molecular flexibility index (Phi) is 4.93. The van der Waals surface area contributed by atoms with Crippen molar-refractivity contribution >= 4 is 25.7 Å². The van der Waals surface area contributed by atoms with E-state index >= 15 is 0 Å². The zero-order valence-corrected chi connectivity index (χ0v) is 9.35. The van der Waals surface area contributed by atoms with Crippen LogP contribution in [0.25, 0.3) is 0 Å². The van der Waals surface area contributed by atoms with Crippen LogP contribution in [0.1, 0.15) is 13.3 Å². The molecule has 0 unspecified atom stereocenters. The van der Waals surface area contributed by atoms with Crippen LogP contribution in [0.4, 0.5) is 0 Å². The Labute approximate surface area is 86.7 Å². The largest absolute Gasteiger partial charge is 0.511 e. The lowest BCUT2D eigenvalue weighted by molar-refractivity contribution is -0.136. The lowest BCUT2D eigenvalue weighted by atomic mass is 10.2. The van der Waals surface area contributed by atoms with Crippen LogP contribution in [0.5, 0.6) is 0 Å². The molecule has 7 heteroatoms. The summed E-state index contributed by atoms with van der Waals surface area (Å²) in [6.07, 6.45) is 0.172. The maximum atomic E-state index is 11.0. The van der Waals surface area contributed by atoms with Crippen LogP contribution < -0.4 is 0 Å². The predicted octanol–water partition coefficient (Wildman–Crippen LogP) is 0.950. The van der Waals surface area contributed by atoms with Crippen molar-refractivity contribution in [1.29, 1.82) is 0 Å². The van der Waals surface area contributed by atoms with Crippen molar-refractivity contribution in [3.63, 3.8) is 0 Å². The van der Waals surface area contributed by atoms with E-state index in [1.165, 1.54) is 0 Å². The van der Waals surface area contributed by atoms with Crippen molar-refractivity contribution in [3.05, 3.63) is 11.3 Å². The SMILES string of the molecule is CC/C(C(=O)OC)=C(/O)CS(=O)(=O)Cl. The van der Waals surface area contributed by atoms with Gasteiger partial charge in [0.15, 0.2) is 0 Å². The fourth-order valence-corrected chi connectivity index (χ4v) is 1.65. The van der Waals surface area contributed by atoms with E-state index in [1.54, 1.807) is 6.92 Å². The standard InChI is InChI=1S/C7H11ClO5S/c1-3-5(7(10)13-2)6(9)4-14(8,11)12/h9H,3-4H2,1-2H3/b6-5-. The van der Waals surface area contributed by atoms with E-state index in [2.05, 4.69) is 4.74 Å². The number of hydrogen-bond donors (Lipinski definition) is 1. The molecule has 0 atom stereocenters. The highest BCUT2D eigenvalue weighted by atomic mass is 35.7. The van der Waals surface area contributed by atoms with Crippen molar-refractivity contribution in [2.45, 2.75) is 13.3 Å². The molecule has 0 saturated carbocycles. The zero-order valence-electron chi connectivity index (χ0n) is 7.78. The molecule has 0 saturated heterocycles. The second-order valence-corrected chi connectivity index (χ2v) is 5.23. The Bertz CT molecular complexity index is 343. The van der Waals surface area contributed by atoms with E-state index in [4.69, 9.17) is 10.7 Å². The number of rotatable bonds is 4. The van der Waals surface area contributed by atoms with Gasteiger partial charge in [-0.05, 0) is 6.42 Å². The molecule has 82 valence electrons. The third-order valence-corrected chi connectivity index (χ3v) is 2.39. The minimum atomic E-state index is -3.86. The maximum absolute atomic E-state index is 11.0. The molecule has 0 aliphatic carbocycles. The molecular weight excluding hydrogens is 232 g/mol. The number of esters is 1. The van der Waals surface area contributed by atoms with E-state index in [0.717, 1.165) is 7.11 Å². The van der Waals surface area contributed by atoms with Crippen molar-refractivity contribution in [3.8, 4) is 0 Å². The summed E-state index contributed by atoms with van der Waals surface area (Å²) in [7, 11) is 2.18. The monoisotopic (exact) mass is 242 g/mol. The van der Waals surface area contributed by atoms with Crippen LogP contribution in [0, 0.1) is 0 Å². The van der Waals surface area contributed by atoms with Crippen molar-refractivity contribution in [2.24, 2.45) is 0 Å². The molecule has 0 rings (SSSR count). The highest BCUT2D eigenvalue weighted by Gasteiger charge is 2.18. The number of halogens is 1.